The van der Waals surface area contributed by atoms with Crippen LogP contribution in [0, 0.1) is 5.92 Å². The number of hydrogen-bond acceptors (Lipinski definition) is 1. The number of fused-ring (bicyclic) bond motifs is 2. The molecule has 1 saturated carbocycles. The second-order valence-corrected chi connectivity index (χ2v) is 5.88. The van der Waals surface area contributed by atoms with Crippen molar-refractivity contribution in [1.82, 2.24) is 0 Å². The number of nitrogens with one attached hydrogen (secondary N) is 1. The first kappa shape index (κ1) is 9.84. The summed E-state index contributed by atoms with van der Waals surface area (Å²) in [5.74, 6) is 1.48. The Morgan fingerprint density at radius 3 is 2.47 bits per heavy atom. The molecule has 17 heavy (non-hydrogen) atoms. The summed E-state index contributed by atoms with van der Waals surface area (Å²) in [5, 5.41) is 0. The summed E-state index contributed by atoms with van der Waals surface area (Å²) in [4.78, 5) is 14.1. The van der Waals surface area contributed by atoms with Gasteiger partial charge in [0.25, 0.3) is 0 Å². The van der Waals surface area contributed by atoms with Crippen LogP contribution in [0.3, 0.4) is 0 Å². The van der Waals surface area contributed by atoms with Crippen LogP contribution in [0.1, 0.15) is 30.7 Å². The molecule has 1 aromatic carbocycles. The number of rotatable bonds is 1. The van der Waals surface area contributed by atoms with Gasteiger partial charge in [0.05, 0.1) is 19.0 Å². The molecule has 2 nitrogen and oxygen atoms in total. The molecule has 0 unspecified atom stereocenters. The van der Waals surface area contributed by atoms with E-state index in [9.17, 15) is 4.79 Å². The number of quaternary nitrogens is 1. The number of carbonyl (C=O) groups is 1. The van der Waals surface area contributed by atoms with Gasteiger partial charge in [0.1, 0.15) is 0 Å². The van der Waals surface area contributed by atoms with Gasteiger partial charge in [-0.05, 0) is 5.56 Å². The number of carbonyl (C=O) groups excluding carboxylic acids is 1. The van der Waals surface area contributed by atoms with E-state index in [0.29, 0.717) is 17.6 Å². The van der Waals surface area contributed by atoms with Gasteiger partial charge in [-0.15, -0.1) is 0 Å². The standard InChI is InChI=1S/C15H17NO/c17-14-12-6-8-16(9-7-12)15(14)10-13(15)11-4-2-1-3-5-11/h1-5,12-13H,6-10H2/p+1/t13-,15-/m0/s1. The molecular weight excluding hydrogens is 210 g/mol. The lowest BCUT2D eigenvalue weighted by atomic mass is 9.79. The fourth-order valence-corrected chi connectivity index (χ4v) is 4.23. The lowest BCUT2D eigenvalue weighted by Gasteiger charge is -2.42. The van der Waals surface area contributed by atoms with Crippen LogP contribution in [0.2, 0.25) is 0 Å². The van der Waals surface area contributed by atoms with Gasteiger partial charge in [-0.3, -0.25) is 4.79 Å². The monoisotopic (exact) mass is 228 g/mol. The highest BCUT2D eigenvalue weighted by atomic mass is 16.1. The molecule has 5 rings (SSSR count). The van der Waals surface area contributed by atoms with Crippen LogP contribution in [0.5, 0.6) is 0 Å². The van der Waals surface area contributed by atoms with Crippen molar-refractivity contribution in [2.75, 3.05) is 13.1 Å². The first-order valence-corrected chi connectivity index (χ1v) is 6.77. The molecule has 4 aliphatic rings. The minimum atomic E-state index is 0.00250. The number of hydrogen-bond donors (Lipinski definition) is 1. The van der Waals surface area contributed by atoms with Gasteiger partial charge in [0, 0.05) is 25.2 Å². The molecule has 0 amide bonds. The van der Waals surface area contributed by atoms with E-state index in [4.69, 9.17) is 0 Å². The molecule has 2 atom stereocenters. The van der Waals surface area contributed by atoms with Crippen LogP contribution >= 0.6 is 0 Å². The molecule has 1 aliphatic carbocycles. The highest BCUT2D eigenvalue weighted by Crippen LogP contribution is 2.53. The maximum atomic E-state index is 12.5. The van der Waals surface area contributed by atoms with E-state index in [2.05, 4.69) is 30.3 Å². The molecule has 1 N–H and O–H groups in total. The molecular formula is C15H18NO+. The van der Waals surface area contributed by atoms with Crippen molar-refractivity contribution in [3.8, 4) is 0 Å². The highest BCUT2D eigenvalue weighted by Gasteiger charge is 2.72. The largest absolute Gasteiger partial charge is 0.323 e. The number of Topliss-reactive ketones (excluding diaryl/α,β-unsaturated/α-hetero) is 1. The first-order valence-electron chi connectivity index (χ1n) is 6.77. The quantitative estimate of drug-likeness (QED) is 0.754. The van der Waals surface area contributed by atoms with Crippen LogP contribution in [0.4, 0.5) is 0 Å². The molecule has 0 radical (unpaired) electrons. The van der Waals surface area contributed by atoms with E-state index in [1.165, 1.54) is 18.7 Å². The molecule has 1 spiro atoms. The zero-order valence-electron chi connectivity index (χ0n) is 9.99. The summed E-state index contributed by atoms with van der Waals surface area (Å²) in [6.45, 7) is 2.44. The molecule has 2 heteroatoms. The van der Waals surface area contributed by atoms with E-state index < -0.39 is 0 Å². The van der Waals surface area contributed by atoms with Crippen molar-refractivity contribution in [3.63, 3.8) is 0 Å². The van der Waals surface area contributed by atoms with Crippen molar-refractivity contribution >= 4 is 5.78 Å². The first-order chi connectivity index (χ1) is 8.32. The maximum Gasteiger partial charge on any atom is 0.197 e. The number of piperidine rings is 3. The topological polar surface area (TPSA) is 21.5 Å². The zero-order valence-corrected chi connectivity index (χ0v) is 9.99. The molecule has 3 heterocycles. The van der Waals surface area contributed by atoms with Crippen LogP contribution in [0.25, 0.3) is 0 Å². The van der Waals surface area contributed by atoms with Gasteiger partial charge < -0.3 is 4.90 Å². The van der Waals surface area contributed by atoms with Crippen molar-refractivity contribution in [2.45, 2.75) is 30.7 Å². The van der Waals surface area contributed by atoms with Crippen molar-refractivity contribution in [3.05, 3.63) is 35.9 Å². The Morgan fingerprint density at radius 1 is 1.12 bits per heavy atom. The Morgan fingerprint density at radius 2 is 1.82 bits per heavy atom. The number of benzene rings is 1. The van der Waals surface area contributed by atoms with E-state index in [0.717, 1.165) is 19.3 Å². The van der Waals surface area contributed by atoms with Gasteiger partial charge >= 0.3 is 0 Å². The number of ketones is 1. The Bertz CT molecular complexity index is 461. The SMILES string of the molecule is O=C1C2CC[NH+](CC2)[C@]12C[C@H]2c1ccccc1. The Balaban J connectivity index is 1.70. The van der Waals surface area contributed by atoms with Gasteiger partial charge in [0.15, 0.2) is 11.3 Å². The van der Waals surface area contributed by atoms with Crippen LogP contribution in [-0.2, 0) is 4.79 Å². The third kappa shape index (κ3) is 1.17. The average molecular weight is 228 g/mol. The molecule has 1 aromatic rings. The molecule has 88 valence electrons. The fourth-order valence-electron chi connectivity index (χ4n) is 4.23. The average Bonchev–Trinajstić information content (AvgIpc) is 3.13. The van der Waals surface area contributed by atoms with Crippen LogP contribution in [0.15, 0.2) is 30.3 Å². The Labute approximate surface area is 102 Å². The van der Waals surface area contributed by atoms with Crippen LogP contribution < -0.4 is 4.90 Å². The zero-order chi connectivity index (χ0) is 11.5. The molecule has 3 saturated heterocycles. The second kappa shape index (κ2) is 3.20. The van der Waals surface area contributed by atoms with Crippen molar-refractivity contribution in [2.24, 2.45) is 5.92 Å². The minimum absolute atomic E-state index is 0.00250. The minimum Gasteiger partial charge on any atom is -0.323 e. The van der Waals surface area contributed by atoms with E-state index in [1.807, 2.05) is 0 Å². The van der Waals surface area contributed by atoms with Crippen LogP contribution in [-0.4, -0.2) is 24.4 Å². The molecule has 0 aromatic heterocycles. The predicted octanol–water partition coefficient (Wildman–Crippen LogP) is 0.790. The summed E-state index contributed by atoms with van der Waals surface area (Å²) in [6, 6.07) is 10.6. The normalized spacial score (nSPS) is 43.1. The van der Waals surface area contributed by atoms with Gasteiger partial charge in [-0.25, -0.2) is 0 Å². The summed E-state index contributed by atoms with van der Waals surface area (Å²) in [6.07, 6.45) is 3.37. The van der Waals surface area contributed by atoms with E-state index in [1.54, 1.807) is 4.90 Å². The third-order valence-corrected chi connectivity index (χ3v) is 5.19. The fraction of sp³-hybridized carbons (Fsp3) is 0.533. The van der Waals surface area contributed by atoms with Crippen molar-refractivity contribution < 1.29 is 9.69 Å². The van der Waals surface area contributed by atoms with Gasteiger partial charge in [0.2, 0.25) is 0 Å². The molecule has 2 bridgehead atoms. The second-order valence-electron chi connectivity index (χ2n) is 5.88. The summed E-state index contributed by atoms with van der Waals surface area (Å²) >= 11 is 0. The van der Waals surface area contributed by atoms with E-state index >= 15 is 0 Å². The summed E-state index contributed by atoms with van der Waals surface area (Å²) in [5.41, 5.74) is 1.38. The third-order valence-electron chi connectivity index (χ3n) is 5.19. The lowest BCUT2D eigenvalue weighted by molar-refractivity contribution is -0.939. The van der Waals surface area contributed by atoms with E-state index in [-0.39, 0.29) is 5.54 Å². The lowest BCUT2D eigenvalue weighted by Crippen LogP contribution is -3.22. The molecule has 4 fully saturated rings. The van der Waals surface area contributed by atoms with Crippen molar-refractivity contribution in [1.29, 1.82) is 0 Å². The maximum absolute atomic E-state index is 12.5. The molecule has 3 aliphatic heterocycles. The Kier molecular flexibility index (Phi) is 1.85. The van der Waals surface area contributed by atoms with Gasteiger partial charge in [-0.1, -0.05) is 30.3 Å². The Hall–Kier alpha value is -1.15. The van der Waals surface area contributed by atoms with Gasteiger partial charge in [-0.2, -0.15) is 0 Å². The highest BCUT2D eigenvalue weighted by molar-refractivity contribution is 5.94. The predicted molar refractivity (Wildman–Crippen MR) is 65.0 cm³/mol. The smallest absolute Gasteiger partial charge is 0.197 e. The summed E-state index contributed by atoms with van der Waals surface area (Å²) < 4.78 is 0. The summed E-state index contributed by atoms with van der Waals surface area (Å²) in [7, 11) is 0.